The zero-order chi connectivity index (χ0) is 44.2. The average molecular weight is 906 g/mol. The molecule has 0 radical (unpaired) electrons. The van der Waals surface area contributed by atoms with E-state index in [0.717, 1.165) is 22.7 Å². The van der Waals surface area contributed by atoms with Crippen LogP contribution in [0.3, 0.4) is 0 Å². The third-order valence-corrected chi connectivity index (χ3v) is 11.1. The maximum Gasteiger partial charge on any atom is 0.472 e. The smallest absolute Gasteiger partial charge is 0.455 e. The number of ether oxygens (including phenoxy) is 3. The van der Waals surface area contributed by atoms with Crippen molar-refractivity contribution in [3.05, 3.63) is 48.1 Å². The summed E-state index contributed by atoms with van der Waals surface area (Å²) in [4.78, 5) is 97.3. The van der Waals surface area contributed by atoms with Gasteiger partial charge < -0.3 is 50.8 Å². The molecule has 2 unspecified atom stereocenters. The van der Waals surface area contributed by atoms with Gasteiger partial charge >= 0.3 is 27.3 Å². The summed E-state index contributed by atoms with van der Waals surface area (Å²) in [7, 11) is -10.3. The number of amides is 1. The number of hydrogen-bond acceptors (Lipinski definition) is 20. The molecule has 2 aliphatic heterocycles. The number of allylic oxidation sites excluding steroid dienone is 1. The number of aromatic nitrogens is 6. The van der Waals surface area contributed by atoms with Gasteiger partial charge in [0.25, 0.3) is 0 Å². The number of carbonyl (C=O) groups excluding carboxylic acids is 3. The molecule has 3 aromatic heterocycles. The molecule has 3 aromatic rings. The number of aliphatic hydroxyl groups excluding tert-OH is 1. The van der Waals surface area contributed by atoms with Gasteiger partial charge in [0, 0.05) is 30.2 Å². The minimum Gasteiger partial charge on any atom is -0.455 e. The van der Waals surface area contributed by atoms with Gasteiger partial charge in [-0.25, -0.2) is 33.7 Å². The molecule has 0 aliphatic carbocycles. The highest BCUT2D eigenvalue weighted by molar-refractivity contribution is 8.14. The van der Waals surface area contributed by atoms with Crippen LogP contribution in [0.5, 0.6) is 0 Å². The van der Waals surface area contributed by atoms with Crippen LogP contribution >= 0.6 is 27.4 Å². The van der Waals surface area contributed by atoms with Crippen LogP contribution in [0.25, 0.3) is 11.2 Å². The number of esters is 1. The Morgan fingerprint density at radius 2 is 1.82 bits per heavy atom. The number of phosphoric acid groups is 2. The van der Waals surface area contributed by atoms with Gasteiger partial charge in [-0.05, 0) is 12.5 Å². The average Bonchev–Trinajstić information content (AvgIpc) is 3.83. The predicted molar refractivity (Wildman–Crippen MR) is 208 cm³/mol. The fraction of sp³-hybridized carbons (Fsp3) is 0.562. The molecular formula is C32H45N9O16P2S. The standard InChI is InChI=1S/C32H45N9O16P2S/c1-5-6-7-21(42)38-16(10-23(43)60-32(2,3)4)30(45)56-26-19(55-29(25(26)44)41-15-37-24-27(34)35-14-36-28(24)41)13-53-59(50,51)57-17-11-22(40-9-8-20(33)39-31(40)46)54-18(17)12-52-58(47,48)49/h5,8-9,14-19,22,25-26,29,44H,1,6-7,10-13H2,2-4H3,(H,38,42)(H,50,51)(H2,33,39,46)(H2,34,35,36)(H2,47,48,49)/t16?,17-,18+,19+,22+,25+,26+,29+/m0/s1. The highest BCUT2D eigenvalue weighted by atomic mass is 32.2. The van der Waals surface area contributed by atoms with E-state index in [1.807, 2.05) is 0 Å². The van der Waals surface area contributed by atoms with Crippen molar-refractivity contribution in [2.45, 2.75) is 100 Å². The maximum atomic E-state index is 13.8. The minimum atomic E-state index is -5.25. The van der Waals surface area contributed by atoms with E-state index in [1.54, 1.807) is 20.8 Å². The molecule has 2 saturated heterocycles. The first-order valence-corrected chi connectivity index (χ1v) is 21.8. The SMILES string of the molecule is C=CCCC(=O)NC(CC(=O)SC(C)(C)C)C(=O)O[C@H]1[C@@H](O)[C@H](n2cnc3c(N)ncnc32)O[C@@H]1COP(=O)(O)O[C@H]1C[C@H](n2ccc(N)nc2=O)O[C@@H]1COP(=O)(O)O. The number of rotatable bonds is 18. The number of hydrogen-bond donors (Lipinski definition) is 7. The fourth-order valence-electron chi connectivity index (χ4n) is 6.06. The Labute approximate surface area is 345 Å². The lowest BCUT2D eigenvalue weighted by Gasteiger charge is -2.26. The molecule has 0 saturated carbocycles. The second-order valence-electron chi connectivity index (χ2n) is 14.4. The lowest BCUT2D eigenvalue weighted by molar-refractivity contribution is -0.160. The molecule has 9 atom stereocenters. The number of nitrogens with one attached hydrogen (secondary N) is 1. The lowest BCUT2D eigenvalue weighted by Crippen LogP contribution is -2.47. The van der Waals surface area contributed by atoms with Gasteiger partial charge in [0.05, 0.1) is 19.5 Å². The second-order valence-corrected chi connectivity index (χ2v) is 18.9. The van der Waals surface area contributed by atoms with Crippen LogP contribution in [0, 0.1) is 0 Å². The first-order chi connectivity index (χ1) is 28.0. The molecule has 0 bridgehead atoms. The molecular weight excluding hydrogens is 860 g/mol. The summed E-state index contributed by atoms with van der Waals surface area (Å²) in [5.74, 6) is -1.90. The van der Waals surface area contributed by atoms with Gasteiger partial charge in [-0.3, -0.25) is 32.3 Å². The summed E-state index contributed by atoms with van der Waals surface area (Å²) >= 11 is 0.926. The number of nitrogens with two attached hydrogens (primary N) is 2. The van der Waals surface area contributed by atoms with Crippen molar-refractivity contribution in [3.8, 4) is 0 Å². The van der Waals surface area contributed by atoms with Gasteiger partial charge in [-0.2, -0.15) is 4.98 Å². The highest BCUT2D eigenvalue weighted by Gasteiger charge is 2.50. The van der Waals surface area contributed by atoms with Crippen molar-refractivity contribution in [1.82, 2.24) is 34.4 Å². The topological polar surface area (TPSA) is 364 Å². The highest BCUT2D eigenvalue weighted by Crippen LogP contribution is 2.50. The second kappa shape index (κ2) is 19.3. The first kappa shape index (κ1) is 46.9. The largest absolute Gasteiger partial charge is 0.472 e. The van der Waals surface area contributed by atoms with Crippen LogP contribution < -0.4 is 22.5 Å². The molecule has 60 heavy (non-hydrogen) atoms. The molecule has 2 aliphatic rings. The summed E-state index contributed by atoms with van der Waals surface area (Å²) < 4.78 is 59.3. The van der Waals surface area contributed by atoms with Gasteiger partial charge in [0.1, 0.15) is 54.3 Å². The zero-order valence-electron chi connectivity index (χ0n) is 32.3. The molecule has 1 amide bonds. The summed E-state index contributed by atoms with van der Waals surface area (Å²) in [5.41, 5.74) is 10.8. The summed E-state index contributed by atoms with van der Waals surface area (Å²) in [6, 6.07) is -0.277. The van der Waals surface area contributed by atoms with E-state index in [2.05, 4.69) is 36.4 Å². The Morgan fingerprint density at radius 3 is 2.48 bits per heavy atom. The number of imidazole rings is 1. The van der Waals surface area contributed by atoms with Crippen LogP contribution in [0.4, 0.5) is 11.6 Å². The van der Waals surface area contributed by atoms with Crippen molar-refractivity contribution in [2.24, 2.45) is 0 Å². The van der Waals surface area contributed by atoms with Gasteiger partial charge in [-0.1, -0.05) is 38.6 Å². The number of anilines is 2. The summed E-state index contributed by atoms with van der Waals surface area (Å²) in [6.07, 6.45) is -6.39. The van der Waals surface area contributed by atoms with Gasteiger partial charge in [0.15, 0.2) is 28.9 Å². The van der Waals surface area contributed by atoms with E-state index in [4.69, 9.17) is 34.7 Å². The number of carbonyl (C=O) groups is 3. The molecule has 330 valence electrons. The van der Waals surface area contributed by atoms with E-state index in [9.17, 15) is 48.1 Å². The third-order valence-electron chi connectivity index (χ3n) is 8.63. The number of aliphatic hydroxyl groups is 1. The molecule has 25 nitrogen and oxygen atoms in total. The monoisotopic (exact) mass is 905 g/mol. The van der Waals surface area contributed by atoms with Crippen LogP contribution in [-0.4, -0.2) is 120 Å². The van der Waals surface area contributed by atoms with Gasteiger partial charge in [0.2, 0.25) is 5.91 Å². The summed E-state index contributed by atoms with van der Waals surface area (Å²) in [6.45, 7) is 7.10. The van der Waals surface area contributed by atoms with Crippen molar-refractivity contribution in [2.75, 3.05) is 24.7 Å². The Morgan fingerprint density at radius 1 is 1.10 bits per heavy atom. The fourth-order valence-corrected chi connectivity index (χ4v) is 8.30. The molecule has 0 spiro atoms. The van der Waals surface area contributed by atoms with Crippen LogP contribution in [0.1, 0.15) is 58.9 Å². The third kappa shape index (κ3) is 12.5. The van der Waals surface area contributed by atoms with Crippen molar-refractivity contribution >= 4 is 67.2 Å². The molecule has 2 fully saturated rings. The molecule has 0 aromatic carbocycles. The minimum absolute atomic E-state index is 0.0135. The predicted octanol–water partition coefficient (Wildman–Crippen LogP) is 0.216. The molecule has 9 N–H and O–H groups in total. The molecule has 28 heteroatoms. The number of phosphoric ester groups is 2. The summed E-state index contributed by atoms with van der Waals surface area (Å²) in [5, 5.41) is 13.6. The van der Waals surface area contributed by atoms with Crippen LogP contribution in [-0.2, 0) is 51.3 Å². The zero-order valence-corrected chi connectivity index (χ0v) is 34.9. The van der Waals surface area contributed by atoms with E-state index in [-0.39, 0.29) is 42.1 Å². The van der Waals surface area contributed by atoms with E-state index in [0.29, 0.717) is 0 Å². The number of thioether (sulfide) groups is 1. The molecule has 5 heterocycles. The van der Waals surface area contributed by atoms with Crippen molar-refractivity contribution < 1.29 is 71.1 Å². The van der Waals surface area contributed by atoms with E-state index < -0.39 is 112 Å². The number of fused-ring (bicyclic) bond motifs is 1. The first-order valence-electron chi connectivity index (χ1n) is 18.0. The quantitative estimate of drug-likeness (QED) is 0.0510. The number of nitrogens with zero attached hydrogens (tertiary/aromatic N) is 6. The van der Waals surface area contributed by atoms with E-state index >= 15 is 0 Å². The van der Waals surface area contributed by atoms with Crippen molar-refractivity contribution in [3.63, 3.8) is 0 Å². The maximum absolute atomic E-state index is 13.8. The van der Waals surface area contributed by atoms with Gasteiger partial charge in [-0.15, -0.1) is 6.58 Å². The molecule has 5 rings (SSSR count). The Balaban J connectivity index is 1.39. The number of nitrogen functional groups attached to an aromatic ring is 2. The Bertz CT molecular complexity index is 2220. The van der Waals surface area contributed by atoms with Crippen LogP contribution in [0.15, 0.2) is 42.4 Å². The Hall–Kier alpha value is -4.17. The van der Waals surface area contributed by atoms with Crippen LogP contribution in [0.2, 0.25) is 0 Å². The van der Waals surface area contributed by atoms with Crippen molar-refractivity contribution in [1.29, 1.82) is 0 Å². The normalized spacial score (nSPS) is 24.8. The lowest BCUT2D eigenvalue weighted by atomic mass is 10.1. The van der Waals surface area contributed by atoms with E-state index in [1.165, 1.54) is 29.2 Å². The Kier molecular flexibility index (Phi) is 15.0.